The number of carboxylic acid groups (broad SMARTS) is 1. The van der Waals surface area contributed by atoms with E-state index in [0.717, 1.165) is 18.8 Å². The van der Waals surface area contributed by atoms with Crippen LogP contribution in [0.2, 0.25) is 0 Å². The fourth-order valence-corrected chi connectivity index (χ4v) is 2.89. The van der Waals surface area contributed by atoms with Gasteiger partial charge in [-0.2, -0.15) is 0 Å². The van der Waals surface area contributed by atoms with E-state index < -0.39 is 5.97 Å². The summed E-state index contributed by atoms with van der Waals surface area (Å²) in [5.74, 6) is -0.318. The van der Waals surface area contributed by atoms with Gasteiger partial charge in [0.05, 0.1) is 0 Å². The van der Waals surface area contributed by atoms with Crippen molar-refractivity contribution >= 4 is 11.9 Å². The van der Waals surface area contributed by atoms with Crippen LogP contribution in [0.5, 0.6) is 0 Å². The lowest BCUT2D eigenvalue weighted by atomic mass is 9.84. The normalized spacial score (nSPS) is 22.4. The third-order valence-electron chi connectivity index (χ3n) is 4.15. The molecule has 2 N–H and O–H groups in total. The molecule has 0 unspecified atom stereocenters. The number of aromatic nitrogens is 1. The van der Waals surface area contributed by atoms with E-state index in [4.69, 9.17) is 5.11 Å². The number of nitrogens with zero attached hydrogens (tertiary/aromatic N) is 1. The first-order valence-corrected chi connectivity index (χ1v) is 7.28. The van der Waals surface area contributed by atoms with E-state index in [-0.39, 0.29) is 24.2 Å². The average molecular weight is 278 g/mol. The van der Waals surface area contributed by atoms with Crippen LogP contribution in [0.3, 0.4) is 0 Å². The van der Waals surface area contributed by atoms with Crippen molar-refractivity contribution in [3.05, 3.63) is 24.0 Å². The van der Waals surface area contributed by atoms with Crippen molar-refractivity contribution in [1.29, 1.82) is 0 Å². The van der Waals surface area contributed by atoms with Crippen molar-refractivity contribution in [2.75, 3.05) is 0 Å². The molecular weight excluding hydrogens is 256 g/mol. The molecule has 5 nitrogen and oxygen atoms in total. The van der Waals surface area contributed by atoms with Gasteiger partial charge >= 0.3 is 5.97 Å². The number of carbonyl (C=O) groups excluding carboxylic acids is 1. The molecule has 0 saturated heterocycles. The van der Waals surface area contributed by atoms with E-state index in [1.54, 1.807) is 12.3 Å². The minimum absolute atomic E-state index is 0.0718. The standard InChI is InChI=1S/C15H22N2O3/c1-2-11-5-7-12(8-6-11)16-14(18)10-17-9-3-4-13(17)15(19)20/h3-4,9,11-12H,2,5-8,10H2,1H3,(H,16,18)(H,19,20). The summed E-state index contributed by atoms with van der Waals surface area (Å²) in [7, 11) is 0. The van der Waals surface area contributed by atoms with Crippen molar-refractivity contribution in [2.45, 2.75) is 51.6 Å². The number of rotatable bonds is 5. The Morgan fingerprint density at radius 3 is 2.65 bits per heavy atom. The summed E-state index contributed by atoms with van der Waals surface area (Å²) in [4.78, 5) is 23.0. The Labute approximate surface area is 119 Å². The lowest BCUT2D eigenvalue weighted by Gasteiger charge is -2.28. The van der Waals surface area contributed by atoms with E-state index in [0.29, 0.717) is 0 Å². The highest BCUT2D eigenvalue weighted by Gasteiger charge is 2.21. The average Bonchev–Trinajstić information content (AvgIpc) is 2.87. The quantitative estimate of drug-likeness (QED) is 0.868. The van der Waals surface area contributed by atoms with Gasteiger partial charge in [0.15, 0.2) is 0 Å². The van der Waals surface area contributed by atoms with Gasteiger partial charge < -0.3 is 15.0 Å². The van der Waals surface area contributed by atoms with Gasteiger partial charge in [-0.3, -0.25) is 4.79 Å². The smallest absolute Gasteiger partial charge is 0.352 e. The van der Waals surface area contributed by atoms with Gasteiger partial charge in [0.1, 0.15) is 12.2 Å². The first-order valence-electron chi connectivity index (χ1n) is 7.28. The van der Waals surface area contributed by atoms with Gasteiger partial charge in [0.2, 0.25) is 5.91 Å². The summed E-state index contributed by atoms with van der Waals surface area (Å²) in [6.45, 7) is 2.28. The van der Waals surface area contributed by atoms with Crippen LogP contribution in [-0.2, 0) is 11.3 Å². The Balaban J connectivity index is 1.84. The highest BCUT2D eigenvalue weighted by atomic mass is 16.4. The molecule has 20 heavy (non-hydrogen) atoms. The zero-order valence-electron chi connectivity index (χ0n) is 11.8. The number of hydrogen-bond acceptors (Lipinski definition) is 2. The van der Waals surface area contributed by atoms with Crippen LogP contribution < -0.4 is 5.32 Å². The Bertz CT molecular complexity index is 473. The second-order valence-electron chi connectivity index (χ2n) is 5.52. The maximum absolute atomic E-state index is 12.0. The molecule has 1 aromatic heterocycles. The Kier molecular flexibility index (Phi) is 4.82. The summed E-state index contributed by atoms with van der Waals surface area (Å²) in [6.07, 6.45) is 7.24. The zero-order chi connectivity index (χ0) is 14.5. The van der Waals surface area contributed by atoms with Crippen LogP contribution in [-0.4, -0.2) is 27.6 Å². The predicted octanol–water partition coefficient (Wildman–Crippen LogP) is 2.27. The molecule has 1 saturated carbocycles. The SMILES string of the molecule is CCC1CCC(NC(=O)Cn2cccc2C(=O)O)CC1. The van der Waals surface area contributed by atoms with Crippen molar-refractivity contribution in [1.82, 2.24) is 9.88 Å². The maximum Gasteiger partial charge on any atom is 0.352 e. The van der Waals surface area contributed by atoms with Crippen LogP contribution in [0.1, 0.15) is 49.5 Å². The molecule has 1 aromatic rings. The molecule has 0 aromatic carbocycles. The number of carboxylic acids is 1. The minimum atomic E-state index is -1.01. The molecular formula is C15H22N2O3. The molecule has 110 valence electrons. The second-order valence-corrected chi connectivity index (χ2v) is 5.52. The highest BCUT2D eigenvalue weighted by Crippen LogP contribution is 2.26. The lowest BCUT2D eigenvalue weighted by Crippen LogP contribution is -2.39. The van der Waals surface area contributed by atoms with E-state index in [1.807, 2.05) is 0 Å². The molecule has 0 bridgehead atoms. The monoisotopic (exact) mass is 278 g/mol. The number of amides is 1. The van der Waals surface area contributed by atoms with Crippen LogP contribution in [0, 0.1) is 5.92 Å². The van der Waals surface area contributed by atoms with E-state index >= 15 is 0 Å². The third-order valence-corrected chi connectivity index (χ3v) is 4.15. The summed E-state index contributed by atoms with van der Waals surface area (Å²) in [5.41, 5.74) is 0.148. The Morgan fingerprint density at radius 1 is 1.35 bits per heavy atom. The van der Waals surface area contributed by atoms with Gasteiger partial charge in [-0.05, 0) is 43.7 Å². The zero-order valence-corrected chi connectivity index (χ0v) is 11.8. The molecule has 0 atom stereocenters. The fraction of sp³-hybridized carbons (Fsp3) is 0.600. The molecule has 1 aliphatic carbocycles. The van der Waals surface area contributed by atoms with Crippen molar-refractivity contribution < 1.29 is 14.7 Å². The molecule has 1 fully saturated rings. The predicted molar refractivity (Wildman–Crippen MR) is 75.6 cm³/mol. The van der Waals surface area contributed by atoms with E-state index in [1.165, 1.54) is 29.9 Å². The van der Waals surface area contributed by atoms with Gasteiger partial charge in [0.25, 0.3) is 0 Å². The van der Waals surface area contributed by atoms with E-state index in [2.05, 4.69) is 12.2 Å². The molecule has 0 radical (unpaired) electrons. The molecule has 0 spiro atoms. The highest BCUT2D eigenvalue weighted by molar-refractivity contribution is 5.86. The van der Waals surface area contributed by atoms with Gasteiger partial charge in [-0.25, -0.2) is 4.79 Å². The largest absolute Gasteiger partial charge is 0.477 e. The molecule has 5 heteroatoms. The first kappa shape index (κ1) is 14.6. The van der Waals surface area contributed by atoms with Crippen LogP contribution in [0.15, 0.2) is 18.3 Å². The molecule has 1 aliphatic rings. The topological polar surface area (TPSA) is 71.3 Å². The summed E-state index contributed by atoms with van der Waals surface area (Å²) < 4.78 is 1.47. The van der Waals surface area contributed by atoms with Crippen LogP contribution in [0.4, 0.5) is 0 Å². The van der Waals surface area contributed by atoms with Gasteiger partial charge in [0, 0.05) is 12.2 Å². The molecule has 1 amide bonds. The number of hydrogen-bond donors (Lipinski definition) is 2. The first-order chi connectivity index (χ1) is 9.60. The second kappa shape index (κ2) is 6.59. The maximum atomic E-state index is 12.0. The summed E-state index contributed by atoms with van der Waals surface area (Å²) >= 11 is 0. The molecule has 0 aliphatic heterocycles. The van der Waals surface area contributed by atoms with Crippen LogP contribution in [0.25, 0.3) is 0 Å². The van der Waals surface area contributed by atoms with Crippen molar-refractivity contribution in [3.8, 4) is 0 Å². The summed E-state index contributed by atoms with van der Waals surface area (Å²) in [5, 5.41) is 12.0. The molecule has 2 rings (SSSR count). The Morgan fingerprint density at radius 2 is 2.05 bits per heavy atom. The van der Waals surface area contributed by atoms with Gasteiger partial charge in [-0.15, -0.1) is 0 Å². The third kappa shape index (κ3) is 3.62. The summed E-state index contributed by atoms with van der Waals surface area (Å²) in [6, 6.07) is 3.39. The number of nitrogens with one attached hydrogen (secondary N) is 1. The van der Waals surface area contributed by atoms with Gasteiger partial charge in [-0.1, -0.05) is 13.3 Å². The van der Waals surface area contributed by atoms with E-state index in [9.17, 15) is 9.59 Å². The van der Waals surface area contributed by atoms with Crippen LogP contribution >= 0.6 is 0 Å². The number of carbonyl (C=O) groups is 2. The fourth-order valence-electron chi connectivity index (χ4n) is 2.89. The Hall–Kier alpha value is -1.78. The minimum Gasteiger partial charge on any atom is -0.477 e. The van der Waals surface area contributed by atoms with Crippen molar-refractivity contribution in [2.24, 2.45) is 5.92 Å². The number of aromatic carboxylic acids is 1. The van der Waals surface area contributed by atoms with Crippen molar-refractivity contribution in [3.63, 3.8) is 0 Å². The lowest BCUT2D eigenvalue weighted by molar-refractivity contribution is -0.122. The molecule has 1 heterocycles.